The number of nitrogens with zero attached hydrogens (tertiary/aromatic N) is 2. The number of rotatable bonds is 8. The molecule has 0 radical (unpaired) electrons. The Morgan fingerprint density at radius 3 is 2.73 bits per heavy atom. The number of fused-ring (bicyclic) bond motifs is 1. The molecule has 7 heteroatoms. The van der Waals surface area contributed by atoms with Gasteiger partial charge in [-0.2, -0.15) is 0 Å². The number of ketones is 1. The Bertz CT molecular complexity index is 1060. The summed E-state index contributed by atoms with van der Waals surface area (Å²) in [4.78, 5) is 33.4. The Hall–Kier alpha value is -3.19. The van der Waals surface area contributed by atoms with E-state index in [9.17, 15) is 14.7 Å². The molecule has 3 heterocycles. The number of aliphatic hydroxyl groups is 1. The minimum absolute atomic E-state index is 0.0753. The summed E-state index contributed by atoms with van der Waals surface area (Å²) >= 11 is 0. The lowest BCUT2D eigenvalue weighted by molar-refractivity contribution is -0.896. The van der Waals surface area contributed by atoms with E-state index in [4.69, 9.17) is 4.74 Å². The zero-order chi connectivity index (χ0) is 23.5. The van der Waals surface area contributed by atoms with Crippen molar-refractivity contribution in [1.82, 2.24) is 9.88 Å². The number of hydrogen-bond donors (Lipinski definition) is 2. The molecule has 2 aliphatic rings. The van der Waals surface area contributed by atoms with E-state index in [1.165, 1.54) is 4.90 Å². The number of aliphatic hydroxyl groups excluding tert-OH is 1. The molecule has 0 aliphatic carbocycles. The van der Waals surface area contributed by atoms with Gasteiger partial charge in [0.1, 0.15) is 17.6 Å². The first kappa shape index (κ1) is 23.0. The van der Waals surface area contributed by atoms with Crippen LogP contribution in [0, 0.1) is 0 Å². The highest BCUT2D eigenvalue weighted by Crippen LogP contribution is 2.40. The SMILES string of the molecule is CC[NH+](CC)CCCN1C(=O)C(=O)/C(=C(\O)c2ccc3c(c2)C[C@H](C)O3)[C@H]1c1cccnc1. The number of pyridine rings is 1. The lowest BCUT2D eigenvalue weighted by atomic mass is 9.95. The number of ether oxygens (including phenoxy) is 1. The fourth-order valence-electron chi connectivity index (χ4n) is 4.82. The van der Waals surface area contributed by atoms with Crippen LogP contribution in [0.2, 0.25) is 0 Å². The van der Waals surface area contributed by atoms with Crippen molar-refractivity contribution in [3.8, 4) is 5.75 Å². The van der Waals surface area contributed by atoms with E-state index in [-0.39, 0.29) is 17.4 Å². The predicted molar refractivity (Wildman–Crippen MR) is 125 cm³/mol. The molecule has 0 unspecified atom stereocenters. The zero-order valence-electron chi connectivity index (χ0n) is 19.5. The highest BCUT2D eigenvalue weighted by atomic mass is 16.5. The van der Waals surface area contributed by atoms with Gasteiger partial charge in [-0.15, -0.1) is 0 Å². The third kappa shape index (κ3) is 4.50. The molecule has 2 aliphatic heterocycles. The minimum Gasteiger partial charge on any atom is -0.507 e. The van der Waals surface area contributed by atoms with Gasteiger partial charge in [-0.3, -0.25) is 14.6 Å². The van der Waals surface area contributed by atoms with Crippen molar-refractivity contribution in [3.63, 3.8) is 0 Å². The number of hydrogen-bond acceptors (Lipinski definition) is 5. The van der Waals surface area contributed by atoms with Crippen molar-refractivity contribution in [2.45, 2.75) is 45.8 Å². The van der Waals surface area contributed by atoms with E-state index in [0.717, 1.165) is 43.8 Å². The Morgan fingerprint density at radius 1 is 1.24 bits per heavy atom. The van der Waals surface area contributed by atoms with Gasteiger partial charge in [0.05, 0.1) is 31.2 Å². The van der Waals surface area contributed by atoms with Gasteiger partial charge in [-0.05, 0) is 56.2 Å². The number of quaternary nitrogens is 1. The van der Waals surface area contributed by atoms with E-state index in [0.29, 0.717) is 17.7 Å². The summed E-state index contributed by atoms with van der Waals surface area (Å²) in [7, 11) is 0. The fraction of sp³-hybridized carbons (Fsp3) is 0.423. The van der Waals surface area contributed by atoms with Crippen LogP contribution in [-0.4, -0.2) is 59.0 Å². The second-order valence-corrected chi connectivity index (χ2v) is 8.79. The van der Waals surface area contributed by atoms with Crippen molar-refractivity contribution in [2.24, 2.45) is 0 Å². The molecule has 174 valence electrons. The predicted octanol–water partition coefficient (Wildman–Crippen LogP) is 2.14. The first-order chi connectivity index (χ1) is 15.9. The molecule has 0 spiro atoms. The van der Waals surface area contributed by atoms with Gasteiger partial charge in [0.2, 0.25) is 0 Å². The van der Waals surface area contributed by atoms with Gasteiger partial charge in [-0.25, -0.2) is 0 Å². The monoisotopic (exact) mass is 450 g/mol. The van der Waals surface area contributed by atoms with Crippen LogP contribution in [0.1, 0.15) is 49.9 Å². The van der Waals surface area contributed by atoms with Crippen LogP contribution in [0.5, 0.6) is 5.75 Å². The van der Waals surface area contributed by atoms with E-state index in [2.05, 4.69) is 18.8 Å². The second-order valence-electron chi connectivity index (χ2n) is 8.79. The lowest BCUT2D eigenvalue weighted by Crippen LogP contribution is -3.11. The smallest absolute Gasteiger partial charge is 0.295 e. The van der Waals surface area contributed by atoms with Crippen LogP contribution in [0.25, 0.3) is 5.76 Å². The largest absolute Gasteiger partial charge is 0.507 e. The molecular formula is C26H32N3O4+. The van der Waals surface area contributed by atoms with Crippen LogP contribution < -0.4 is 9.64 Å². The molecule has 1 amide bonds. The van der Waals surface area contributed by atoms with Crippen LogP contribution in [-0.2, 0) is 16.0 Å². The van der Waals surface area contributed by atoms with E-state index in [1.54, 1.807) is 29.4 Å². The van der Waals surface area contributed by atoms with Gasteiger partial charge >= 0.3 is 0 Å². The topological polar surface area (TPSA) is 84.2 Å². The number of aromatic nitrogens is 1. The standard InChI is InChI=1S/C26H31N3O4/c1-4-28(5-2)12-7-13-29-23(19-8-6-11-27-16-19)22(25(31)26(29)32)24(30)18-9-10-21-20(15-18)14-17(3)33-21/h6,8-11,15-17,23,30H,4-5,7,12-14H2,1-3H3/p+1/b24-22-/t17-,23+/m0/s1. The third-order valence-electron chi connectivity index (χ3n) is 6.64. The van der Waals surface area contributed by atoms with Crippen molar-refractivity contribution in [3.05, 3.63) is 65.0 Å². The normalized spacial score (nSPS) is 21.5. The average Bonchev–Trinajstić information content (AvgIpc) is 3.32. The molecule has 0 bridgehead atoms. The van der Waals surface area contributed by atoms with Crippen LogP contribution in [0.4, 0.5) is 0 Å². The summed E-state index contributed by atoms with van der Waals surface area (Å²) in [5.74, 6) is -0.580. The molecule has 2 N–H and O–H groups in total. The van der Waals surface area contributed by atoms with Gasteiger partial charge < -0.3 is 19.6 Å². The number of carbonyl (C=O) groups is 2. The molecule has 4 rings (SSSR count). The lowest BCUT2D eigenvalue weighted by Gasteiger charge is -2.25. The number of nitrogens with one attached hydrogen (secondary N) is 1. The third-order valence-corrected chi connectivity index (χ3v) is 6.64. The van der Waals surface area contributed by atoms with Crippen molar-refractivity contribution in [1.29, 1.82) is 0 Å². The van der Waals surface area contributed by atoms with Crippen LogP contribution >= 0.6 is 0 Å². The maximum absolute atomic E-state index is 13.2. The number of carbonyl (C=O) groups excluding carboxylic acids is 2. The maximum atomic E-state index is 13.2. The Balaban J connectivity index is 1.71. The Morgan fingerprint density at radius 2 is 2.03 bits per heavy atom. The number of benzene rings is 1. The summed E-state index contributed by atoms with van der Waals surface area (Å²) < 4.78 is 5.76. The van der Waals surface area contributed by atoms with Crippen molar-refractivity contribution < 1.29 is 24.3 Å². The summed E-state index contributed by atoms with van der Waals surface area (Å²) in [6.45, 7) is 9.67. The molecule has 1 saturated heterocycles. The molecule has 2 aromatic rings. The molecule has 7 nitrogen and oxygen atoms in total. The molecule has 1 aromatic heterocycles. The summed E-state index contributed by atoms with van der Waals surface area (Å²) in [6, 6.07) is 8.38. The van der Waals surface area contributed by atoms with E-state index < -0.39 is 17.7 Å². The molecule has 33 heavy (non-hydrogen) atoms. The van der Waals surface area contributed by atoms with Crippen LogP contribution in [0.15, 0.2) is 48.3 Å². The van der Waals surface area contributed by atoms with Crippen molar-refractivity contribution in [2.75, 3.05) is 26.2 Å². The highest BCUT2D eigenvalue weighted by molar-refractivity contribution is 6.46. The minimum atomic E-state index is -0.658. The summed E-state index contributed by atoms with van der Waals surface area (Å²) in [6.07, 6.45) is 4.90. The van der Waals surface area contributed by atoms with Crippen molar-refractivity contribution >= 4 is 17.4 Å². The zero-order valence-corrected chi connectivity index (χ0v) is 19.5. The van der Waals surface area contributed by atoms with E-state index >= 15 is 0 Å². The van der Waals surface area contributed by atoms with Gasteiger partial charge in [0.15, 0.2) is 0 Å². The van der Waals surface area contributed by atoms with Gasteiger partial charge in [0, 0.05) is 37.3 Å². The fourth-order valence-corrected chi connectivity index (χ4v) is 4.82. The Labute approximate surface area is 194 Å². The van der Waals surface area contributed by atoms with Gasteiger partial charge in [0.25, 0.3) is 11.7 Å². The first-order valence-electron chi connectivity index (χ1n) is 11.8. The number of likely N-dealkylation sites (tertiary alicyclic amines) is 1. The quantitative estimate of drug-likeness (QED) is 0.366. The second kappa shape index (κ2) is 9.75. The Kier molecular flexibility index (Phi) is 6.79. The molecule has 1 aromatic carbocycles. The average molecular weight is 451 g/mol. The summed E-state index contributed by atoms with van der Waals surface area (Å²) in [5.41, 5.74) is 2.34. The molecule has 1 fully saturated rings. The summed E-state index contributed by atoms with van der Waals surface area (Å²) in [5, 5.41) is 11.3. The maximum Gasteiger partial charge on any atom is 0.295 e. The molecule has 0 saturated carbocycles. The number of amides is 1. The number of Topliss-reactive ketones (excluding diaryl/α,β-unsaturated/α-hetero) is 1. The highest BCUT2D eigenvalue weighted by Gasteiger charge is 2.46. The van der Waals surface area contributed by atoms with E-state index in [1.807, 2.05) is 25.1 Å². The molecular weight excluding hydrogens is 418 g/mol. The van der Waals surface area contributed by atoms with Gasteiger partial charge in [-0.1, -0.05) is 6.07 Å². The molecule has 2 atom stereocenters. The first-order valence-corrected chi connectivity index (χ1v) is 11.8. The van der Waals surface area contributed by atoms with Crippen LogP contribution in [0.3, 0.4) is 0 Å².